The zero-order valence-electron chi connectivity index (χ0n) is 9.63. The Bertz CT molecular complexity index is 154. The lowest BCUT2D eigenvalue weighted by Gasteiger charge is -2.23. The Hall–Kier alpha value is -0.550. The van der Waals surface area contributed by atoms with Crippen molar-refractivity contribution in [2.45, 2.75) is 64.8 Å². The van der Waals surface area contributed by atoms with Gasteiger partial charge in [0.05, 0.1) is 6.07 Å². The van der Waals surface area contributed by atoms with Crippen molar-refractivity contribution in [3.63, 3.8) is 0 Å². The minimum atomic E-state index is 0.470. The second-order valence-electron chi connectivity index (χ2n) is 4.13. The van der Waals surface area contributed by atoms with E-state index in [1.807, 2.05) is 0 Å². The number of nitrogens with two attached hydrogens (primary N) is 1. The van der Waals surface area contributed by atoms with Crippen LogP contribution < -0.4 is 5.73 Å². The van der Waals surface area contributed by atoms with E-state index in [1.54, 1.807) is 6.07 Å². The predicted molar refractivity (Wildman–Crippen MR) is 60.7 cm³/mol. The molecule has 2 nitrogen and oxygen atoms in total. The van der Waals surface area contributed by atoms with E-state index >= 15 is 0 Å². The van der Waals surface area contributed by atoms with E-state index in [4.69, 9.17) is 11.0 Å². The molecule has 1 atom stereocenters. The van der Waals surface area contributed by atoms with Crippen LogP contribution in [-0.2, 0) is 0 Å². The SMILES string of the molecule is CC#N.CC[C@@H](N)CC1CCCCC1. The average molecular weight is 196 g/mol. The minimum Gasteiger partial charge on any atom is -0.328 e. The third kappa shape index (κ3) is 6.91. The molecule has 0 saturated heterocycles. The molecule has 0 aromatic rings. The van der Waals surface area contributed by atoms with E-state index in [2.05, 4.69) is 6.92 Å². The average Bonchev–Trinajstić information content (AvgIpc) is 2.20. The van der Waals surface area contributed by atoms with Gasteiger partial charge in [-0.2, -0.15) is 5.26 Å². The first-order valence-corrected chi connectivity index (χ1v) is 5.81. The molecule has 1 aliphatic carbocycles. The van der Waals surface area contributed by atoms with Gasteiger partial charge in [0.15, 0.2) is 0 Å². The van der Waals surface area contributed by atoms with Crippen LogP contribution in [0, 0.1) is 17.2 Å². The van der Waals surface area contributed by atoms with Crippen LogP contribution in [0.25, 0.3) is 0 Å². The summed E-state index contributed by atoms with van der Waals surface area (Å²) in [4.78, 5) is 0. The molecular formula is C12H24N2. The smallest absolute Gasteiger partial charge is 0.0587 e. The highest BCUT2D eigenvalue weighted by Gasteiger charge is 2.15. The minimum absolute atomic E-state index is 0.470. The van der Waals surface area contributed by atoms with Crippen LogP contribution in [0.4, 0.5) is 0 Å². The van der Waals surface area contributed by atoms with Crippen molar-refractivity contribution in [1.82, 2.24) is 0 Å². The van der Waals surface area contributed by atoms with Crippen molar-refractivity contribution in [3.05, 3.63) is 0 Å². The fourth-order valence-electron chi connectivity index (χ4n) is 2.02. The highest BCUT2D eigenvalue weighted by Crippen LogP contribution is 2.27. The molecule has 2 N–H and O–H groups in total. The van der Waals surface area contributed by atoms with Crippen molar-refractivity contribution < 1.29 is 0 Å². The molecule has 82 valence electrons. The molecule has 0 aromatic heterocycles. The quantitative estimate of drug-likeness (QED) is 0.753. The third-order valence-corrected chi connectivity index (χ3v) is 2.89. The Morgan fingerprint density at radius 2 is 1.86 bits per heavy atom. The predicted octanol–water partition coefficient (Wildman–Crippen LogP) is 3.22. The summed E-state index contributed by atoms with van der Waals surface area (Å²) in [6, 6.07) is 2.22. The summed E-state index contributed by atoms with van der Waals surface area (Å²) in [5.74, 6) is 0.957. The lowest BCUT2D eigenvalue weighted by atomic mass is 9.84. The molecule has 14 heavy (non-hydrogen) atoms. The lowest BCUT2D eigenvalue weighted by molar-refractivity contribution is 0.315. The van der Waals surface area contributed by atoms with Crippen LogP contribution in [-0.4, -0.2) is 6.04 Å². The molecule has 1 fully saturated rings. The van der Waals surface area contributed by atoms with Crippen molar-refractivity contribution in [2.24, 2.45) is 11.7 Å². The van der Waals surface area contributed by atoms with Gasteiger partial charge in [-0.1, -0.05) is 39.0 Å². The first kappa shape index (κ1) is 13.4. The Balaban J connectivity index is 0.000000500. The third-order valence-electron chi connectivity index (χ3n) is 2.89. The van der Waals surface area contributed by atoms with E-state index in [-0.39, 0.29) is 0 Å². The largest absolute Gasteiger partial charge is 0.328 e. The molecule has 1 saturated carbocycles. The van der Waals surface area contributed by atoms with Crippen LogP contribution in [0.5, 0.6) is 0 Å². The van der Waals surface area contributed by atoms with Gasteiger partial charge in [0.25, 0.3) is 0 Å². The summed E-state index contributed by atoms with van der Waals surface area (Å²) in [7, 11) is 0. The number of hydrogen-bond donors (Lipinski definition) is 1. The van der Waals surface area contributed by atoms with E-state index in [0.29, 0.717) is 6.04 Å². The molecule has 0 unspecified atom stereocenters. The van der Waals surface area contributed by atoms with Gasteiger partial charge >= 0.3 is 0 Å². The topological polar surface area (TPSA) is 49.8 Å². The van der Waals surface area contributed by atoms with Crippen LogP contribution in [0.15, 0.2) is 0 Å². The standard InChI is InChI=1S/C10H21N.C2H3N/c1-2-10(11)8-9-6-4-3-5-7-9;1-2-3/h9-10H,2-8,11H2,1H3;1H3/t10-;/m1./s1. The van der Waals surface area contributed by atoms with Gasteiger partial charge in [-0.15, -0.1) is 0 Å². The van der Waals surface area contributed by atoms with E-state index in [0.717, 1.165) is 12.3 Å². The van der Waals surface area contributed by atoms with Crippen molar-refractivity contribution in [1.29, 1.82) is 5.26 Å². The maximum atomic E-state index is 7.32. The maximum absolute atomic E-state index is 7.32. The monoisotopic (exact) mass is 196 g/mol. The summed E-state index contributed by atoms with van der Waals surface area (Å²) >= 11 is 0. The van der Waals surface area contributed by atoms with Gasteiger partial charge in [0.2, 0.25) is 0 Å². The molecule has 1 rings (SSSR count). The van der Waals surface area contributed by atoms with Crippen LogP contribution in [0.1, 0.15) is 58.8 Å². The zero-order valence-corrected chi connectivity index (χ0v) is 9.63. The number of nitriles is 1. The maximum Gasteiger partial charge on any atom is 0.0587 e. The molecule has 1 aliphatic rings. The molecule has 0 amide bonds. The summed E-state index contributed by atoms with van der Waals surface area (Å²) < 4.78 is 0. The van der Waals surface area contributed by atoms with Gasteiger partial charge in [-0.3, -0.25) is 0 Å². The molecule has 0 radical (unpaired) electrons. The zero-order chi connectivity index (χ0) is 10.8. The normalized spacial score (nSPS) is 19.0. The molecule has 0 bridgehead atoms. The molecule has 0 aromatic carbocycles. The van der Waals surface area contributed by atoms with Gasteiger partial charge in [-0.25, -0.2) is 0 Å². The molecule has 0 heterocycles. The number of nitrogens with zero attached hydrogens (tertiary/aromatic N) is 1. The number of hydrogen-bond acceptors (Lipinski definition) is 2. The van der Waals surface area contributed by atoms with Crippen molar-refractivity contribution in [3.8, 4) is 6.07 Å². The van der Waals surface area contributed by atoms with Crippen LogP contribution in [0.2, 0.25) is 0 Å². The Morgan fingerprint density at radius 3 is 2.29 bits per heavy atom. The van der Waals surface area contributed by atoms with Crippen LogP contribution in [0.3, 0.4) is 0 Å². The van der Waals surface area contributed by atoms with Crippen LogP contribution >= 0.6 is 0 Å². The fourth-order valence-corrected chi connectivity index (χ4v) is 2.02. The lowest BCUT2D eigenvalue weighted by Crippen LogP contribution is -2.23. The Kier molecular flexibility index (Phi) is 8.67. The van der Waals surface area contributed by atoms with E-state index in [9.17, 15) is 0 Å². The van der Waals surface area contributed by atoms with Crippen molar-refractivity contribution >= 4 is 0 Å². The second-order valence-corrected chi connectivity index (χ2v) is 4.13. The Labute approximate surface area is 88.5 Å². The summed E-state index contributed by atoms with van der Waals surface area (Å²) in [6.07, 6.45) is 9.65. The summed E-state index contributed by atoms with van der Waals surface area (Å²) in [6.45, 7) is 3.62. The molecule has 0 aliphatic heterocycles. The molecule has 0 spiro atoms. The Morgan fingerprint density at radius 1 is 1.36 bits per heavy atom. The second kappa shape index (κ2) is 9.02. The summed E-state index contributed by atoms with van der Waals surface area (Å²) in [5, 5.41) is 7.32. The van der Waals surface area contributed by atoms with Gasteiger partial charge in [0.1, 0.15) is 0 Å². The fraction of sp³-hybridized carbons (Fsp3) is 0.917. The van der Waals surface area contributed by atoms with Gasteiger partial charge in [-0.05, 0) is 18.8 Å². The molecule has 2 heteroatoms. The molecular weight excluding hydrogens is 172 g/mol. The highest BCUT2D eigenvalue weighted by molar-refractivity contribution is 4.70. The first-order valence-electron chi connectivity index (χ1n) is 5.81. The highest BCUT2D eigenvalue weighted by atomic mass is 14.6. The van der Waals surface area contributed by atoms with Crippen molar-refractivity contribution in [2.75, 3.05) is 0 Å². The summed E-state index contributed by atoms with van der Waals surface area (Å²) in [5.41, 5.74) is 5.90. The van der Waals surface area contributed by atoms with Gasteiger partial charge < -0.3 is 5.73 Å². The first-order chi connectivity index (χ1) is 6.74. The van der Waals surface area contributed by atoms with Gasteiger partial charge in [0, 0.05) is 13.0 Å². The number of rotatable bonds is 3. The van der Waals surface area contributed by atoms with E-state index < -0.39 is 0 Å². The van der Waals surface area contributed by atoms with E-state index in [1.165, 1.54) is 45.4 Å².